The first-order chi connectivity index (χ1) is 11.5. The van der Waals surface area contributed by atoms with Gasteiger partial charge in [-0.1, -0.05) is 53.7 Å². The van der Waals surface area contributed by atoms with Crippen LogP contribution in [0.25, 0.3) is 0 Å². The number of nitrogens with two attached hydrogens (primary N) is 1. The lowest BCUT2D eigenvalue weighted by Gasteiger charge is -2.32. The Bertz CT molecular complexity index is 668. The van der Waals surface area contributed by atoms with Gasteiger partial charge in [-0.3, -0.25) is 0 Å². The molecule has 0 spiro atoms. The molecule has 3 N–H and O–H groups in total. The molecule has 0 radical (unpaired) electrons. The van der Waals surface area contributed by atoms with E-state index >= 15 is 0 Å². The van der Waals surface area contributed by atoms with Crippen LogP contribution in [0, 0.1) is 0 Å². The average Bonchev–Trinajstić information content (AvgIpc) is 2.64. The molecule has 4 nitrogen and oxygen atoms in total. The van der Waals surface area contributed by atoms with E-state index in [9.17, 15) is 5.11 Å². The fraction of sp³-hybridized carbons (Fsp3) is 0.714. The van der Waals surface area contributed by atoms with Gasteiger partial charge in [-0.05, 0) is 49.7 Å². The maximum absolute atomic E-state index is 11.0. The fourth-order valence-corrected chi connectivity index (χ4v) is 3.10. The number of rotatable bonds is 2. The van der Waals surface area contributed by atoms with Crippen LogP contribution in [0.3, 0.4) is 0 Å². The summed E-state index contributed by atoms with van der Waals surface area (Å²) in [6, 6.07) is 4.09. The highest BCUT2D eigenvalue weighted by molar-refractivity contribution is 6.47. The van der Waals surface area contributed by atoms with Crippen LogP contribution in [0.2, 0.25) is 0 Å². The third-order valence-corrected chi connectivity index (χ3v) is 5.74. The summed E-state index contributed by atoms with van der Waals surface area (Å²) >= 11 is 0. The molecule has 5 heteroatoms. The maximum atomic E-state index is 11.0. The molecule has 26 heavy (non-hydrogen) atoms. The quantitative estimate of drug-likeness (QED) is 0.755. The third-order valence-electron chi connectivity index (χ3n) is 5.74. The van der Waals surface area contributed by atoms with Crippen LogP contribution in [-0.2, 0) is 20.1 Å². The van der Waals surface area contributed by atoms with Crippen molar-refractivity contribution in [2.24, 2.45) is 5.73 Å². The van der Waals surface area contributed by atoms with Crippen molar-refractivity contribution in [3.05, 3.63) is 28.8 Å². The number of phenolic OH excluding ortho intramolecular Hbond substituents is 1. The Labute approximate surface area is 159 Å². The van der Waals surface area contributed by atoms with E-state index < -0.39 is 24.3 Å². The minimum absolute atomic E-state index is 0.0574. The smallest absolute Gasteiger partial charge is 0.480 e. The normalized spacial score (nSPS) is 21.1. The fourth-order valence-electron chi connectivity index (χ4n) is 3.10. The number of benzene rings is 1. The second kappa shape index (κ2) is 6.25. The van der Waals surface area contributed by atoms with Crippen LogP contribution in [0.4, 0.5) is 0 Å². The molecule has 1 heterocycles. The van der Waals surface area contributed by atoms with Crippen molar-refractivity contribution in [2.75, 3.05) is 0 Å². The predicted molar refractivity (Wildman–Crippen MR) is 109 cm³/mol. The molecule has 1 aliphatic heterocycles. The lowest BCUT2D eigenvalue weighted by molar-refractivity contribution is 0.00578. The first-order valence-electron chi connectivity index (χ1n) is 9.46. The van der Waals surface area contributed by atoms with Gasteiger partial charge >= 0.3 is 7.12 Å². The highest BCUT2D eigenvalue weighted by atomic mass is 16.7. The molecule has 1 aromatic rings. The molecule has 1 aromatic carbocycles. The molecule has 1 saturated heterocycles. The lowest BCUT2D eigenvalue weighted by Crippen LogP contribution is -2.41. The van der Waals surface area contributed by atoms with Crippen LogP contribution in [-0.4, -0.2) is 23.4 Å². The van der Waals surface area contributed by atoms with Gasteiger partial charge < -0.3 is 20.1 Å². The molecular weight excluding hydrogens is 325 g/mol. The van der Waals surface area contributed by atoms with Gasteiger partial charge in [0, 0.05) is 5.56 Å². The maximum Gasteiger partial charge on any atom is 0.480 e. The summed E-state index contributed by atoms with van der Waals surface area (Å²) in [5, 5.41) is 11.0. The van der Waals surface area contributed by atoms with Crippen molar-refractivity contribution in [1.29, 1.82) is 0 Å². The molecule has 0 aliphatic carbocycles. The van der Waals surface area contributed by atoms with Crippen LogP contribution in [0.1, 0.15) is 91.9 Å². The summed E-state index contributed by atoms with van der Waals surface area (Å²) in [4.78, 5) is 0. The minimum atomic E-state index is -0.603. The number of phenols is 1. The van der Waals surface area contributed by atoms with Crippen molar-refractivity contribution in [1.82, 2.24) is 0 Å². The van der Waals surface area contributed by atoms with E-state index in [1.807, 2.05) is 33.8 Å². The largest absolute Gasteiger partial charge is 0.507 e. The second-order valence-corrected chi connectivity index (χ2v) is 10.6. The van der Waals surface area contributed by atoms with Gasteiger partial charge in [-0.15, -0.1) is 0 Å². The Hall–Kier alpha value is -1.04. The molecule has 0 bridgehead atoms. The zero-order valence-electron chi connectivity index (χ0n) is 18.2. The highest BCUT2D eigenvalue weighted by Crippen LogP contribution is 2.44. The molecule has 0 aromatic heterocycles. The van der Waals surface area contributed by atoms with E-state index in [1.54, 1.807) is 0 Å². The van der Waals surface area contributed by atoms with Crippen molar-refractivity contribution in [2.45, 2.75) is 97.2 Å². The van der Waals surface area contributed by atoms with Gasteiger partial charge in [0.1, 0.15) is 5.75 Å². The molecule has 0 unspecified atom stereocenters. The van der Waals surface area contributed by atoms with Crippen molar-refractivity contribution >= 4 is 7.12 Å². The summed E-state index contributed by atoms with van der Waals surface area (Å²) < 4.78 is 12.3. The van der Waals surface area contributed by atoms with Crippen molar-refractivity contribution in [3.63, 3.8) is 0 Å². The molecular formula is C21H36BNO3. The summed E-state index contributed by atoms with van der Waals surface area (Å²) in [7, 11) is -0.603. The Morgan fingerprint density at radius 1 is 0.923 bits per heavy atom. The van der Waals surface area contributed by atoms with Crippen molar-refractivity contribution < 1.29 is 14.4 Å². The number of hydrogen-bond acceptors (Lipinski definition) is 4. The van der Waals surface area contributed by atoms with Crippen LogP contribution >= 0.6 is 0 Å². The summed E-state index contributed by atoms with van der Waals surface area (Å²) in [5.74, 6) is -0.327. The van der Waals surface area contributed by atoms with Gasteiger partial charge in [0.2, 0.25) is 0 Å². The monoisotopic (exact) mass is 361 g/mol. The average molecular weight is 361 g/mol. The van der Waals surface area contributed by atoms with E-state index in [0.29, 0.717) is 5.56 Å². The Morgan fingerprint density at radius 2 is 1.38 bits per heavy atom. The first-order valence-corrected chi connectivity index (χ1v) is 9.46. The molecule has 0 saturated carbocycles. The Morgan fingerprint density at radius 3 is 1.77 bits per heavy atom. The van der Waals surface area contributed by atoms with Gasteiger partial charge in [-0.2, -0.15) is 0 Å². The molecule has 1 aliphatic rings. The lowest BCUT2D eigenvalue weighted by atomic mass is 9.71. The van der Waals surface area contributed by atoms with Crippen molar-refractivity contribution in [3.8, 4) is 5.75 Å². The molecule has 0 amide bonds. The van der Waals surface area contributed by atoms with E-state index in [1.165, 1.54) is 0 Å². The zero-order valence-corrected chi connectivity index (χ0v) is 18.2. The van der Waals surface area contributed by atoms with Gasteiger partial charge in [0.25, 0.3) is 0 Å². The van der Waals surface area contributed by atoms with E-state index in [-0.39, 0.29) is 16.6 Å². The van der Waals surface area contributed by atoms with E-state index in [4.69, 9.17) is 15.0 Å². The molecule has 1 atom stereocenters. The van der Waals surface area contributed by atoms with Gasteiger partial charge in [0.05, 0.1) is 17.1 Å². The molecule has 2 rings (SSSR count). The van der Waals surface area contributed by atoms with Crippen LogP contribution in [0.5, 0.6) is 5.75 Å². The zero-order chi connectivity index (χ0) is 20.3. The van der Waals surface area contributed by atoms with Gasteiger partial charge in [-0.25, -0.2) is 0 Å². The first kappa shape index (κ1) is 21.3. The minimum Gasteiger partial charge on any atom is -0.507 e. The van der Waals surface area contributed by atoms with Crippen LogP contribution < -0.4 is 5.73 Å². The summed E-state index contributed by atoms with van der Waals surface area (Å²) in [6.45, 7) is 20.8. The Kier molecular flexibility index (Phi) is 5.11. The Balaban J connectivity index is 2.55. The highest BCUT2D eigenvalue weighted by Gasteiger charge is 2.54. The topological polar surface area (TPSA) is 64.7 Å². The number of aromatic hydroxyl groups is 1. The standard InChI is InChI=1S/C21H36BNO3/c1-18(2,3)13-11-14(16(24)15(12-13)19(4,5)6)17(23)22-25-20(7,8)21(9,10)26-22/h11-12,17,24H,23H2,1-10H3/t17-/m1/s1. The van der Waals surface area contributed by atoms with E-state index in [2.05, 4.69) is 47.6 Å². The molecule has 1 fully saturated rings. The summed E-state index contributed by atoms with van der Waals surface area (Å²) in [6.07, 6.45) is 0. The van der Waals surface area contributed by atoms with Crippen LogP contribution in [0.15, 0.2) is 12.1 Å². The third kappa shape index (κ3) is 3.80. The molecule has 146 valence electrons. The number of hydrogen-bond donors (Lipinski definition) is 2. The van der Waals surface area contributed by atoms with E-state index in [0.717, 1.165) is 11.1 Å². The van der Waals surface area contributed by atoms with Gasteiger partial charge in [0.15, 0.2) is 0 Å². The SMILES string of the molecule is CC(C)(C)c1cc([C@@H](N)B2OC(C)(C)C(C)(C)O2)c(O)c(C(C)(C)C)c1. The predicted octanol–water partition coefficient (Wildman–Crippen LogP) is 4.62. The summed E-state index contributed by atoms with van der Waals surface area (Å²) in [5.41, 5.74) is 8.10. The second-order valence-electron chi connectivity index (χ2n) is 10.6.